The summed E-state index contributed by atoms with van der Waals surface area (Å²) in [5.41, 5.74) is 0. The van der Waals surface area contributed by atoms with Crippen molar-refractivity contribution in [3.8, 4) is 6.07 Å². The Hall–Kier alpha value is -1.08. The SMILES string of the molecule is CCCCN(CCCC)C(=O)C1CCCN(CCC#N)C1. The van der Waals surface area contributed by atoms with E-state index in [1.807, 2.05) is 0 Å². The van der Waals surface area contributed by atoms with Gasteiger partial charge in [-0.3, -0.25) is 4.79 Å². The lowest BCUT2D eigenvalue weighted by Crippen LogP contribution is -2.45. The van der Waals surface area contributed by atoms with Gasteiger partial charge in [0, 0.05) is 32.6 Å². The van der Waals surface area contributed by atoms with Gasteiger partial charge in [-0.1, -0.05) is 26.7 Å². The van der Waals surface area contributed by atoms with Gasteiger partial charge in [0.1, 0.15) is 0 Å². The summed E-state index contributed by atoms with van der Waals surface area (Å²) in [6.07, 6.45) is 7.12. The van der Waals surface area contributed by atoms with Gasteiger partial charge in [-0.15, -0.1) is 0 Å². The van der Waals surface area contributed by atoms with Crippen LogP contribution in [-0.2, 0) is 4.79 Å². The fraction of sp³-hybridized carbons (Fsp3) is 0.882. The van der Waals surface area contributed by atoms with Crippen LogP contribution in [0.25, 0.3) is 0 Å². The number of carbonyl (C=O) groups excluding carboxylic acids is 1. The van der Waals surface area contributed by atoms with Crippen molar-refractivity contribution in [1.82, 2.24) is 9.80 Å². The largest absolute Gasteiger partial charge is 0.342 e. The maximum atomic E-state index is 12.8. The first-order chi connectivity index (χ1) is 10.2. The predicted molar refractivity (Wildman–Crippen MR) is 85.8 cm³/mol. The topological polar surface area (TPSA) is 47.3 Å². The number of piperidine rings is 1. The van der Waals surface area contributed by atoms with Crippen LogP contribution in [0.15, 0.2) is 0 Å². The zero-order valence-electron chi connectivity index (χ0n) is 13.8. The number of hydrogen-bond donors (Lipinski definition) is 0. The fourth-order valence-corrected chi connectivity index (χ4v) is 2.96. The lowest BCUT2D eigenvalue weighted by Gasteiger charge is -2.34. The van der Waals surface area contributed by atoms with E-state index in [-0.39, 0.29) is 5.92 Å². The number of carbonyl (C=O) groups is 1. The Morgan fingerprint density at radius 1 is 1.29 bits per heavy atom. The molecule has 0 aliphatic carbocycles. The van der Waals surface area contributed by atoms with Crippen molar-refractivity contribution >= 4 is 5.91 Å². The zero-order valence-corrected chi connectivity index (χ0v) is 13.8. The van der Waals surface area contributed by atoms with Crippen LogP contribution in [0.1, 0.15) is 58.8 Å². The molecule has 4 nitrogen and oxygen atoms in total. The van der Waals surface area contributed by atoms with Crippen LogP contribution in [-0.4, -0.2) is 48.4 Å². The van der Waals surface area contributed by atoms with Crippen molar-refractivity contribution in [3.05, 3.63) is 0 Å². The molecule has 21 heavy (non-hydrogen) atoms. The molecule has 1 saturated heterocycles. The Kier molecular flexibility index (Phi) is 9.09. The minimum Gasteiger partial charge on any atom is -0.342 e. The van der Waals surface area contributed by atoms with Crippen LogP contribution in [0, 0.1) is 17.2 Å². The molecule has 1 atom stereocenters. The molecule has 0 aromatic carbocycles. The van der Waals surface area contributed by atoms with Gasteiger partial charge < -0.3 is 9.80 Å². The van der Waals surface area contributed by atoms with Gasteiger partial charge in [-0.25, -0.2) is 0 Å². The van der Waals surface area contributed by atoms with Gasteiger partial charge in [0.15, 0.2) is 0 Å². The second-order valence-electron chi connectivity index (χ2n) is 6.08. The van der Waals surface area contributed by atoms with E-state index in [1.54, 1.807) is 0 Å². The first-order valence-electron chi connectivity index (χ1n) is 8.61. The van der Waals surface area contributed by atoms with Crippen LogP contribution in [0.5, 0.6) is 0 Å². The van der Waals surface area contributed by atoms with Crippen LogP contribution in [0.4, 0.5) is 0 Å². The number of unbranched alkanes of at least 4 members (excludes halogenated alkanes) is 2. The number of rotatable bonds is 9. The smallest absolute Gasteiger partial charge is 0.226 e. The van der Waals surface area contributed by atoms with E-state index < -0.39 is 0 Å². The highest BCUT2D eigenvalue weighted by Crippen LogP contribution is 2.19. The molecule has 1 unspecified atom stereocenters. The van der Waals surface area contributed by atoms with E-state index in [9.17, 15) is 4.79 Å². The van der Waals surface area contributed by atoms with Gasteiger partial charge >= 0.3 is 0 Å². The summed E-state index contributed by atoms with van der Waals surface area (Å²) in [7, 11) is 0. The number of amides is 1. The Morgan fingerprint density at radius 3 is 2.52 bits per heavy atom. The molecule has 0 aromatic rings. The molecule has 1 aliphatic heterocycles. The van der Waals surface area contributed by atoms with Crippen molar-refractivity contribution in [2.45, 2.75) is 58.8 Å². The highest BCUT2D eigenvalue weighted by molar-refractivity contribution is 5.79. The summed E-state index contributed by atoms with van der Waals surface area (Å²) in [5, 5.41) is 8.70. The van der Waals surface area contributed by atoms with Gasteiger partial charge in [-0.2, -0.15) is 5.26 Å². The third kappa shape index (κ3) is 6.48. The van der Waals surface area contributed by atoms with Gasteiger partial charge in [0.05, 0.1) is 12.0 Å². The second kappa shape index (κ2) is 10.6. The molecular formula is C17H31N3O. The third-order valence-corrected chi connectivity index (χ3v) is 4.27. The van der Waals surface area contributed by atoms with E-state index in [4.69, 9.17) is 5.26 Å². The number of hydrogen-bond acceptors (Lipinski definition) is 3. The summed E-state index contributed by atoms with van der Waals surface area (Å²) in [4.78, 5) is 17.1. The Bertz CT molecular complexity index is 329. The summed E-state index contributed by atoms with van der Waals surface area (Å²) in [5.74, 6) is 0.490. The summed E-state index contributed by atoms with van der Waals surface area (Å²) in [6.45, 7) is 8.85. The summed E-state index contributed by atoms with van der Waals surface area (Å²) < 4.78 is 0. The molecule has 1 amide bonds. The molecule has 1 fully saturated rings. The lowest BCUT2D eigenvalue weighted by atomic mass is 9.96. The number of nitriles is 1. The van der Waals surface area contributed by atoms with E-state index in [1.165, 1.54) is 0 Å². The first kappa shape index (κ1) is 18.0. The molecule has 0 radical (unpaired) electrons. The quantitative estimate of drug-likeness (QED) is 0.656. The van der Waals surface area contributed by atoms with Crippen LogP contribution in [0.3, 0.4) is 0 Å². The Morgan fingerprint density at radius 2 is 1.95 bits per heavy atom. The monoisotopic (exact) mass is 293 g/mol. The summed E-state index contributed by atoms with van der Waals surface area (Å²) >= 11 is 0. The highest BCUT2D eigenvalue weighted by atomic mass is 16.2. The van der Waals surface area contributed by atoms with Crippen LogP contribution >= 0.6 is 0 Å². The predicted octanol–water partition coefficient (Wildman–Crippen LogP) is 3.04. The van der Waals surface area contributed by atoms with Crippen molar-refractivity contribution in [2.24, 2.45) is 5.92 Å². The highest BCUT2D eigenvalue weighted by Gasteiger charge is 2.28. The Balaban J connectivity index is 2.53. The molecule has 1 rings (SSSR count). The van der Waals surface area contributed by atoms with Crippen LogP contribution < -0.4 is 0 Å². The molecule has 0 bridgehead atoms. The van der Waals surface area contributed by atoms with E-state index in [2.05, 4.69) is 29.7 Å². The molecular weight excluding hydrogens is 262 g/mol. The van der Waals surface area contributed by atoms with Crippen molar-refractivity contribution < 1.29 is 4.79 Å². The van der Waals surface area contributed by atoms with E-state index in [0.717, 1.165) is 71.2 Å². The van der Waals surface area contributed by atoms with Crippen molar-refractivity contribution in [2.75, 3.05) is 32.7 Å². The average molecular weight is 293 g/mol. The molecule has 120 valence electrons. The van der Waals surface area contributed by atoms with E-state index in [0.29, 0.717) is 12.3 Å². The van der Waals surface area contributed by atoms with Gasteiger partial charge in [0.2, 0.25) is 5.91 Å². The van der Waals surface area contributed by atoms with Crippen LogP contribution in [0.2, 0.25) is 0 Å². The molecule has 1 aliphatic rings. The zero-order chi connectivity index (χ0) is 15.5. The maximum Gasteiger partial charge on any atom is 0.226 e. The maximum absolute atomic E-state index is 12.8. The lowest BCUT2D eigenvalue weighted by molar-refractivity contribution is -0.137. The molecule has 0 saturated carbocycles. The molecule has 0 spiro atoms. The minimum absolute atomic E-state index is 0.145. The second-order valence-corrected chi connectivity index (χ2v) is 6.08. The van der Waals surface area contributed by atoms with E-state index >= 15 is 0 Å². The number of likely N-dealkylation sites (tertiary alicyclic amines) is 1. The minimum atomic E-state index is 0.145. The average Bonchev–Trinajstić information content (AvgIpc) is 2.53. The molecule has 1 heterocycles. The molecule has 0 aromatic heterocycles. The summed E-state index contributed by atoms with van der Waals surface area (Å²) in [6, 6.07) is 2.20. The normalized spacial score (nSPS) is 19.2. The van der Waals surface area contributed by atoms with Gasteiger partial charge in [-0.05, 0) is 32.2 Å². The fourth-order valence-electron chi connectivity index (χ4n) is 2.96. The van der Waals surface area contributed by atoms with Gasteiger partial charge in [0.25, 0.3) is 0 Å². The Labute approximate surface area is 130 Å². The first-order valence-corrected chi connectivity index (χ1v) is 8.61. The third-order valence-electron chi connectivity index (χ3n) is 4.27. The van der Waals surface area contributed by atoms with Crippen molar-refractivity contribution in [1.29, 1.82) is 5.26 Å². The molecule has 0 N–H and O–H groups in total. The standard InChI is InChI=1S/C17H31N3O/c1-3-5-13-20(14-6-4-2)17(21)16-9-7-11-19(15-16)12-8-10-18/h16H,3-9,11-15H2,1-2H3. The molecule has 4 heteroatoms. The van der Waals surface area contributed by atoms with Crippen molar-refractivity contribution in [3.63, 3.8) is 0 Å². The number of nitrogens with zero attached hydrogens (tertiary/aromatic N) is 3.